The Morgan fingerprint density at radius 3 is 2.94 bits per heavy atom. The van der Waals surface area contributed by atoms with Gasteiger partial charge in [-0.25, -0.2) is 0 Å². The molecule has 0 saturated carbocycles. The Hall–Kier alpha value is -1.86. The van der Waals surface area contributed by atoms with E-state index in [2.05, 4.69) is 5.32 Å². The molecular weight excluding hydrogens is 238 g/mol. The lowest BCUT2D eigenvalue weighted by Crippen LogP contribution is -2.31. The van der Waals surface area contributed by atoms with Gasteiger partial charge in [-0.2, -0.15) is 0 Å². The van der Waals surface area contributed by atoms with Gasteiger partial charge in [0.25, 0.3) is 5.69 Å². The molecule has 0 aliphatic carbocycles. The second-order valence-corrected chi connectivity index (χ2v) is 3.75. The number of aliphatic hydroxyl groups excluding tert-OH is 1. The molecule has 1 rings (SSSR count). The number of nitrogens with one attached hydrogen (secondary N) is 1. The van der Waals surface area contributed by atoms with Crippen LogP contribution in [0.2, 0.25) is 0 Å². The number of nitro groups is 1. The molecule has 0 radical (unpaired) electrons. The molecule has 0 aliphatic heterocycles. The van der Waals surface area contributed by atoms with Crippen molar-refractivity contribution in [2.45, 2.75) is 13.0 Å². The van der Waals surface area contributed by atoms with Crippen LogP contribution >= 0.6 is 0 Å². The monoisotopic (exact) mass is 255 g/mol. The largest absolute Gasteiger partial charge is 0.491 e. The van der Waals surface area contributed by atoms with Crippen LogP contribution in [0.1, 0.15) is 6.92 Å². The molecule has 1 aromatic carbocycles. The molecular formula is C11H17N3O4. The number of hydrogen-bond donors (Lipinski definition) is 3. The van der Waals surface area contributed by atoms with Gasteiger partial charge >= 0.3 is 0 Å². The van der Waals surface area contributed by atoms with Gasteiger partial charge in [0.05, 0.1) is 11.0 Å². The van der Waals surface area contributed by atoms with Crippen molar-refractivity contribution in [3.63, 3.8) is 0 Å². The van der Waals surface area contributed by atoms with E-state index in [1.54, 1.807) is 0 Å². The lowest BCUT2D eigenvalue weighted by molar-refractivity contribution is -0.384. The number of rotatable bonds is 7. The smallest absolute Gasteiger partial charge is 0.295 e. The number of anilines is 1. The van der Waals surface area contributed by atoms with E-state index in [0.717, 1.165) is 6.54 Å². The maximum absolute atomic E-state index is 10.7. The summed E-state index contributed by atoms with van der Waals surface area (Å²) in [5, 5.41) is 23.2. The van der Waals surface area contributed by atoms with E-state index in [1.807, 2.05) is 6.92 Å². The zero-order valence-electron chi connectivity index (χ0n) is 10.1. The fraction of sp³-hybridized carbons (Fsp3) is 0.455. The highest BCUT2D eigenvalue weighted by Crippen LogP contribution is 2.26. The minimum atomic E-state index is -0.665. The Labute approximate surface area is 105 Å². The Morgan fingerprint density at radius 2 is 2.33 bits per heavy atom. The van der Waals surface area contributed by atoms with Crippen LogP contribution in [0.4, 0.5) is 11.4 Å². The Bertz CT molecular complexity index is 411. The van der Waals surface area contributed by atoms with Crippen molar-refractivity contribution in [2.24, 2.45) is 0 Å². The number of nitrogens with zero attached hydrogens (tertiary/aromatic N) is 1. The van der Waals surface area contributed by atoms with Gasteiger partial charge in [-0.05, 0) is 18.7 Å². The molecule has 7 heteroatoms. The summed E-state index contributed by atoms with van der Waals surface area (Å²) in [7, 11) is 0. The first-order chi connectivity index (χ1) is 8.54. The summed E-state index contributed by atoms with van der Waals surface area (Å²) in [4.78, 5) is 10.1. The van der Waals surface area contributed by atoms with Crippen molar-refractivity contribution in [1.82, 2.24) is 5.32 Å². The van der Waals surface area contributed by atoms with E-state index < -0.39 is 11.0 Å². The molecule has 4 N–H and O–H groups in total. The van der Waals surface area contributed by atoms with Crippen LogP contribution in [0.3, 0.4) is 0 Å². The molecule has 7 nitrogen and oxygen atoms in total. The summed E-state index contributed by atoms with van der Waals surface area (Å²) >= 11 is 0. The number of nitrogen functional groups attached to an aromatic ring is 1. The normalized spacial score (nSPS) is 12.1. The van der Waals surface area contributed by atoms with Crippen molar-refractivity contribution >= 4 is 11.4 Å². The molecule has 0 heterocycles. The quantitative estimate of drug-likeness (QED) is 0.372. The first-order valence-corrected chi connectivity index (χ1v) is 5.60. The first-order valence-electron chi connectivity index (χ1n) is 5.60. The third-order valence-corrected chi connectivity index (χ3v) is 2.27. The predicted octanol–water partition coefficient (Wildman–Crippen LogP) is 0.526. The Balaban J connectivity index is 2.57. The number of benzene rings is 1. The summed E-state index contributed by atoms with van der Waals surface area (Å²) in [5.41, 5.74) is 5.34. The number of aliphatic hydroxyl groups is 1. The Morgan fingerprint density at radius 1 is 1.61 bits per heavy atom. The number of hydrogen-bond acceptors (Lipinski definition) is 6. The van der Waals surface area contributed by atoms with Crippen LogP contribution in [0.5, 0.6) is 5.75 Å². The summed E-state index contributed by atoms with van der Waals surface area (Å²) in [6, 6.07) is 4.18. The van der Waals surface area contributed by atoms with Crippen LogP contribution in [0.25, 0.3) is 0 Å². The molecule has 1 unspecified atom stereocenters. The van der Waals surface area contributed by atoms with E-state index in [1.165, 1.54) is 18.2 Å². The van der Waals surface area contributed by atoms with Crippen molar-refractivity contribution in [2.75, 3.05) is 25.4 Å². The standard InChI is InChI=1S/C11H17N3O4/c1-2-13-6-8(15)7-18-9-3-4-10(12)11(5-9)14(16)17/h3-5,8,13,15H,2,6-7,12H2,1H3. The highest BCUT2D eigenvalue weighted by molar-refractivity contribution is 5.60. The van der Waals surface area contributed by atoms with Crippen LogP contribution in [0, 0.1) is 10.1 Å². The molecule has 1 aromatic rings. The third kappa shape index (κ3) is 4.19. The maximum atomic E-state index is 10.7. The molecule has 0 aromatic heterocycles. The predicted molar refractivity (Wildman–Crippen MR) is 67.6 cm³/mol. The molecule has 0 fully saturated rings. The number of likely N-dealkylation sites (N-methyl/N-ethyl adjacent to an activating group) is 1. The highest BCUT2D eigenvalue weighted by Gasteiger charge is 2.13. The lowest BCUT2D eigenvalue weighted by atomic mass is 10.2. The molecule has 0 bridgehead atoms. The van der Waals surface area contributed by atoms with Crippen molar-refractivity contribution < 1.29 is 14.8 Å². The summed E-state index contributed by atoms with van der Waals surface area (Å²) in [5.74, 6) is 0.312. The SMILES string of the molecule is CCNCC(O)COc1ccc(N)c([N+](=O)[O-])c1. The van der Waals surface area contributed by atoms with Crippen molar-refractivity contribution in [1.29, 1.82) is 0 Å². The molecule has 0 spiro atoms. The number of ether oxygens (including phenoxy) is 1. The van der Waals surface area contributed by atoms with Crippen LogP contribution < -0.4 is 15.8 Å². The van der Waals surface area contributed by atoms with Gasteiger partial charge in [-0.3, -0.25) is 10.1 Å². The van der Waals surface area contributed by atoms with Gasteiger partial charge < -0.3 is 20.9 Å². The van der Waals surface area contributed by atoms with E-state index in [0.29, 0.717) is 12.3 Å². The fourth-order valence-corrected chi connectivity index (χ4v) is 1.33. The molecule has 1 atom stereocenters. The van der Waals surface area contributed by atoms with Gasteiger partial charge in [0.15, 0.2) is 0 Å². The van der Waals surface area contributed by atoms with E-state index >= 15 is 0 Å². The topological polar surface area (TPSA) is 111 Å². The summed E-state index contributed by atoms with van der Waals surface area (Å²) in [6.07, 6.45) is -0.665. The second kappa shape index (κ2) is 6.77. The Kier molecular flexibility index (Phi) is 5.34. The lowest BCUT2D eigenvalue weighted by Gasteiger charge is -2.12. The zero-order valence-corrected chi connectivity index (χ0v) is 10.1. The fourth-order valence-electron chi connectivity index (χ4n) is 1.33. The highest BCUT2D eigenvalue weighted by atomic mass is 16.6. The van der Waals surface area contributed by atoms with Gasteiger partial charge in [0.1, 0.15) is 24.1 Å². The van der Waals surface area contributed by atoms with Gasteiger partial charge in [0.2, 0.25) is 0 Å². The van der Waals surface area contributed by atoms with Crippen molar-refractivity contribution in [3.05, 3.63) is 28.3 Å². The zero-order chi connectivity index (χ0) is 13.5. The van der Waals surface area contributed by atoms with Gasteiger partial charge in [-0.15, -0.1) is 0 Å². The third-order valence-electron chi connectivity index (χ3n) is 2.27. The summed E-state index contributed by atoms with van der Waals surface area (Å²) in [6.45, 7) is 3.16. The number of nitro benzene ring substituents is 1. The first kappa shape index (κ1) is 14.2. The minimum absolute atomic E-state index is 0.0636. The number of nitrogens with two attached hydrogens (primary N) is 1. The molecule has 100 valence electrons. The van der Waals surface area contributed by atoms with Crippen molar-refractivity contribution in [3.8, 4) is 5.75 Å². The van der Waals surface area contributed by atoms with Crippen LogP contribution in [-0.2, 0) is 0 Å². The summed E-state index contributed by atoms with van der Waals surface area (Å²) < 4.78 is 5.26. The molecule has 18 heavy (non-hydrogen) atoms. The molecule has 0 amide bonds. The molecule has 0 aliphatic rings. The van der Waals surface area contributed by atoms with Crippen LogP contribution in [0.15, 0.2) is 18.2 Å². The maximum Gasteiger partial charge on any atom is 0.295 e. The van der Waals surface area contributed by atoms with E-state index in [9.17, 15) is 15.2 Å². The van der Waals surface area contributed by atoms with E-state index in [-0.39, 0.29) is 18.0 Å². The van der Waals surface area contributed by atoms with E-state index in [4.69, 9.17) is 10.5 Å². The molecule has 0 saturated heterocycles. The van der Waals surface area contributed by atoms with Gasteiger partial charge in [0, 0.05) is 6.54 Å². The van der Waals surface area contributed by atoms with Gasteiger partial charge in [-0.1, -0.05) is 6.92 Å². The average Bonchev–Trinajstić information content (AvgIpc) is 2.35. The average molecular weight is 255 g/mol. The van der Waals surface area contributed by atoms with Crippen LogP contribution in [-0.4, -0.2) is 35.8 Å². The minimum Gasteiger partial charge on any atom is -0.491 e. The second-order valence-electron chi connectivity index (χ2n) is 3.75.